The van der Waals surface area contributed by atoms with Crippen LogP contribution in [-0.4, -0.2) is 20.6 Å². The van der Waals surface area contributed by atoms with Gasteiger partial charge in [0.15, 0.2) is 0 Å². The van der Waals surface area contributed by atoms with Gasteiger partial charge >= 0.3 is 0 Å². The van der Waals surface area contributed by atoms with Gasteiger partial charge in [-0.25, -0.2) is 8.42 Å². The zero-order chi connectivity index (χ0) is 17.2. The zero-order valence-electron chi connectivity index (χ0n) is 14.1. The Labute approximate surface area is 148 Å². The molecule has 4 atom stereocenters. The number of hydrogen-bond acceptors (Lipinski definition) is 3. The highest BCUT2D eigenvalue weighted by molar-refractivity contribution is 7.92. The van der Waals surface area contributed by atoms with E-state index in [1.54, 1.807) is 16.4 Å². The smallest absolute Gasteiger partial charge is 0.264 e. The molecule has 2 aromatic carbocycles. The van der Waals surface area contributed by atoms with Gasteiger partial charge in [-0.1, -0.05) is 29.8 Å². The number of rotatable bonds is 2. The van der Waals surface area contributed by atoms with Crippen LogP contribution in [0.2, 0.25) is 0 Å². The molecular weight excluding hydrogens is 334 g/mol. The van der Waals surface area contributed by atoms with Gasteiger partial charge < -0.3 is 4.74 Å². The Balaban J connectivity index is 1.68. The number of fused-ring (bicyclic) bond motifs is 6. The number of para-hydroxylation sites is 2. The van der Waals surface area contributed by atoms with E-state index >= 15 is 0 Å². The molecule has 0 saturated heterocycles. The van der Waals surface area contributed by atoms with E-state index in [0.29, 0.717) is 28.2 Å². The lowest BCUT2D eigenvalue weighted by molar-refractivity contribution is 0.109. The van der Waals surface area contributed by atoms with Crippen molar-refractivity contribution in [2.45, 2.75) is 43.2 Å². The van der Waals surface area contributed by atoms with Gasteiger partial charge in [-0.05, 0) is 62.3 Å². The summed E-state index contributed by atoms with van der Waals surface area (Å²) < 4.78 is 35.0. The molecule has 5 heteroatoms. The van der Waals surface area contributed by atoms with Crippen LogP contribution in [0.1, 0.15) is 24.8 Å². The van der Waals surface area contributed by atoms with Gasteiger partial charge in [0, 0.05) is 0 Å². The van der Waals surface area contributed by atoms with Crippen LogP contribution < -0.4 is 9.04 Å². The number of nitrogens with zero attached hydrogens (tertiary/aromatic N) is 1. The van der Waals surface area contributed by atoms with Gasteiger partial charge in [0.25, 0.3) is 10.0 Å². The molecule has 3 aliphatic rings. The summed E-state index contributed by atoms with van der Waals surface area (Å²) in [6.07, 6.45) is 3.29. The molecule has 2 bridgehead atoms. The topological polar surface area (TPSA) is 46.6 Å². The lowest BCUT2D eigenvalue weighted by atomic mass is 9.91. The largest absolute Gasteiger partial charge is 0.486 e. The summed E-state index contributed by atoms with van der Waals surface area (Å²) >= 11 is 0. The molecule has 0 amide bonds. The molecule has 0 N–H and O–H groups in total. The maximum Gasteiger partial charge on any atom is 0.264 e. The predicted octanol–water partition coefficient (Wildman–Crippen LogP) is 3.75. The maximum absolute atomic E-state index is 13.6. The average Bonchev–Trinajstić information content (AvgIpc) is 3.22. The molecule has 2 aliphatic carbocycles. The standard InChI is InChI=1S/C20H21NO3S/c1-13-6-10-16(11-7-13)25(22,23)21-17-4-2-3-5-18(17)24-20-15-9-8-14(12-15)19(20)21/h2-7,10-11,14-15,19-20H,8-9,12H2,1H3/t14-,15+,19-,20-/m1/s1. The summed E-state index contributed by atoms with van der Waals surface area (Å²) in [4.78, 5) is 0.358. The summed E-state index contributed by atoms with van der Waals surface area (Å²) in [7, 11) is -3.62. The molecule has 2 aromatic rings. The van der Waals surface area contributed by atoms with Gasteiger partial charge in [0.05, 0.1) is 16.6 Å². The number of sulfonamides is 1. The Morgan fingerprint density at radius 1 is 1.00 bits per heavy atom. The van der Waals surface area contributed by atoms with E-state index in [4.69, 9.17) is 4.74 Å². The molecule has 5 rings (SSSR count). The second kappa shape index (κ2) is 5.24. The third-order valence-corrected chi connectivity index (χ3v) is 7.84. The highest BCUT2D eigenvalue weighted by atomic mass is 32.2. The van der Waals surface area contributed by atoms with Gasteiger partial charge in [0.1, 0.15) is 11.9 Å². The quantitative estimate of drug-likeness (QED) is 0.824. The molecule has 0 unspecified atom stereocenters. The predicted molar refractivity (Wildman–Crippen MR) is 96.3 cm³/mol. The minimum Gasteiger partial charge on any atom is -0.486 e. The number of hydrogen-bond donors (Lipinski definition) is 0. The van der Waals surface area contributed by atoms with Gasteiger partial charge in [-0.3, -0.25) is 4.31 Å². The van der Waals surface area contributed by atoms with Crippen LogP contribution in [0.3, 0.4) is 0 Å². The molecule has 25 heavy (non-hydrogen) atoms. The van der Waals surface area contributed by atoms with Crippen LogP contribution >= 0.6 is 0 Å². The van der Waals surface area contributed by atoms with E-state index in [9.17, 15) is 8.42 Å². The minimum absolute atomic E-state index is 0.0196. The van der Waals surface area contributed by atoms with Crippen LogP contribution in [0.4, 0.5) is 5.69 Å². The van der Waals surface area contributed by atoms with E-state index in [0.717, 1.165) is 24.8 Å². The highest BCUT2D eigenvalue weighted by Gasteiger charge is 2.56. The first kappa shape index (κ1) is 15.3. The van der Waals surface area contributed by atoms with E-state index in [1.165, 1.54) is 0 Å². The van der Waals surface area contributed by atoms with Gasteiger partial charge in [-0.15, -0.1) is 0 Å². The Morgan fingerprint density at radius 2 is 1.72 bits per heavy atom. The fourth-order valence-corrected chi connectivity index (χ4v) is 6.59. The van der Waals surface area contributed by atoms with Crippen molar-refractivity contribution in [1.29, 1.82) is 0 Å². The third-order valence-electron chi connectivity index (χ3n) is 6.01. The molecule has 0 radical (unpaired) electrons. The summed E-state index contributed by atoms with van der Waals surface area (Å²) in [5.74, 6) is 1.55. The summed E-state index contributed by atoms with van der Waals surface area (Å²) in [6.45, 7) is 1.96. The molecule has 130 valence electrons. The first-order chi connectivity index (χ1) is 12.1. The normalized spacial score (nSPS) is 29.9. The Kier molecular flexibility index (Phi) is 3.20. The number of ether oxygens (including phenoxy) is 1. The molecule has 0 aromatic heterocycles. The van der Waals surface area contributed by atoms with Crippen LogP contribution in [-0.2, 0) is 10.0 Å². The molecule has 2 fully saturated rings. The van der Waals surface area contributed by atoms with Crippen LogP contribution in [0.25, 0.3) is 0 Å². The monoisotopic (exact) mass is 355 g/mol. The number of aryl methyl sites for hydroxylation is 1. The third kappa shape index (κ3) is 2.15. The van der Waals surface area contributed by atoms with Crippen molar-refractivity contribution in [3.63, 3.8) is 0 Å². The van der Waals surface area contributed by atoms with E-state index in [-0.39, 0.29) is 12.1 Å². The molecule has 0 spiro atoms. The number of benzene rings is 2. The van der Waals surface area contributed by atoms with E-state index in [1.807, 2.05) is 43.3 Å². The van der Waals surface area contributed by atoms with Crippen LogP contribution in [0.15, 0.2) is 53.4 Å². The second-order valence-corrected chi connectivity index (χ2v) is 9.30. The summed E-state index contributed by atoms with van der Waals surface area (Å²) in [5, 5.41) is 0. The van der Waals surface area contributed by atoms with Crippen molar-refractivity contribution in [1.82, 2.24) is 0 Å². The van der Waals surface area contributed by atoms with Crippen molar-refractivity contribution >= 4 is 15.7 Å². The zero-order valence-corrected chi connectivity index (χ0v) is 14.9. The Bertz CT molecular complexity index is 922. The second-order valence-electron chi connectivity index (χ2n) is 7.49. The van der Waals surface area contributed by atoms with E-state index < -0.39 is 10.0 Å². The van der Waals surface area contributed by atoms with Crippen molar-refractivity contribution in [2.75, 3.05) is 4.31 Å². The molecule has 1 heterocycles. The first-order valence-electron chi connectivity index (χ1n) is 8.92. The maximum atomic E-state index is 13.6. The van der Waals surface area contributed by atoms with Crippen molar-refractivity contribution in [3.05, 3.63) is 54.1 Å². The van der Waals surface area contributed by atoms with Gasteiger partial charge in [-0.2, -0.15) is 0 Å². The average molecular weight is 355 g/mol. The Morgan fingerprint density at radius 3 is 2.52 bits per heavy atom. The van der Waals surface area contributed by atoms with Gasteiger partial charge in [0.2, 0.25) is 0 Å². The lowest BCUT2D eigenvalue weighted by Gasteiger charge is -2.44. The minimum atomic E-state index is -3.62. The molecular formula is C20H21NO3S. The molecule has 2 saturated carbocycles. The highest BCUT2D eigenvalue weighted by Crippen LogP contribution is 2.54. The summed E-state index contributed by atoms with van der Waals surface area (Å²) in [6, 6.07) is 14.6. The van der Waals surface area contributed by atoms with Crippen molar-refractivity contribution < 1.29 is 13.2 Å². The van der Waals surface area contributed by atoms with E-state index in [2.05, 4.69) is 0 Å². The number of anilines is 1. The molecule has 1 aliphatic heterocycles. The molecule has 4 nitrogen and oxygen atoms in total. The van der Waals surface area contributed by atoms with Crippen LogP contribution in [0, 0.1) is 18.8 Å². The SMILES string of the molecule is Cc1ccc(S(=O)(=O)N2c3ccccc3O[C@@H]3[C@H]4CC[C@H](C4)[C@H]32)cc1. The Hall–Kier alpha value is -2.01. The first-order valence-corrected chi connectivity index (χ1v) is 10.4. The lowest BCUT2D eigenvalue weighted by Crippen LogP contribution is -2.55. The fourth-order valence-electron chi connectivity index (χ4n) is 4.86. The summed E-state index contributed by atoms with van der Waals surface area (Å²) in [5.41, 5.74) is 1.73. The van der Waals surface area contributed by atoms with Crippen molar-refractivity contribution in [2.24, 2.45) is 11.8 Å². The van der Waals surface area contributed by atoms with Crippen LogP contribution in [0.5, 0.6) is 5.75 Å². The fraction of sp³-hybridized carbons (Fsp3) is 0.400. The van der Waals surface area contributed by atoms with Crippen molar-refractivity contribution in [3.8, 4) is 5.75 Å².